The van der Waals surface area contributed by atoms with Crippen LogP contribution in [-0.2, 0) is 23.6 Å². The van der Waals surface area contributed by atoms with Crippen molar-refractivity contribution in [2.75, 3.05) is 11.4 Å². The van der Waals surface area contributed by atoms with Crippen LogP contribution in [0.25, 0.3) is 10.9 Å². The van der Waals surface area contributed by atoms with Crippen molar-refractivity contribution >= 4 is 38.2 Å². The molecule has 0 radical (unpaired) electrons. The topological polar surface area (TPSA) is 114 Å². The maximum absolute atomic E-state index is 14.0. The van der Waals surface area contributed by atoms with E-state index in [0.717, 1.165) is 11.1 Å². The quantitative estimate of drug-likeness (QED) is 0.229. The highest BCUT2D eigenvalue weighted by Gasteiger charge is 2.29. The van der Waals surface area contributed by atoms with E-state index in [1.165, 1.54) is 29.6 Å². The molecule has 10 heteroatoms. The number of para-hydroxylation sites is 2. The molecular formula is C30H26N4O5S. The Morgan fingerprint density at radius 2 is 1.55 bits per heavy atom. The maximum Gasteiger partial charge on any atom is 0.297 e. The van der Waals surface area contributed by atoms with Crippen molar-refractivity contribution in [3.8, 4) is 11.6 Å². The zero-order chi connectivity index (χ0) is 28.3. The van der Waals surface area contributed by atoms with Gasteiger partial charge in [0.15, 0.2) is 5.69 Å². The Hall–Kier alpha value is -4.96. The van der Waals surface area contributed by atoms with Gasteiger partial charge in [-0.3, -0.25) is 9.10 Å². The second-order valence-electron chi connectivity index (χ2n) is 8.94. The first-order valence-electron chi connectivity index (χ1n) is 12.3. The third kappa shape index (κ3) is 5.04. The molecule has 0 aliphatic rings. The van der Waals surface area contributed by atoms with Gasteiger partial charge in [0.05, 0.1) is 35.3 Å². The van der Waals surface area contributed by atoms with E-state index in [0.29, 0.717) is 11.1 Å². The average Bonchev–Trinajstić information content (AvgIpc) is 3.24. The number of aromatic nitrogens is 1. The van der Waals surface area contributed by atoms with Crippen LogP contribution < -0.4 is 9.04 Å². The van der Waals surface area contributed by atoms with Crippen LogP contribution >= 0.6 is 0 Å². The molecule has 202 valence electrons. The number of hydrogen-bond acceptors (Lipinski definition) is 6. The number of fused-ring (bicyclic) bond motifs is 1. The SMILES string of the molecule is COc1ccc(S(=O)(=O)N(Cc2ccccc2)c2ccccc2C(=O)N=Nc2c(O)n(C)c3ccccc23)cc1. The zero-order valence-electron chi connectivity index (χ0n) is 21.8. The molecule has 40 heavy (non-hydrogen) atoms. The average molecular weight is 555 g/mol. The van der Waals surface area contributed by atoms with E-state index in [2.05, 4.69) is 10.2 Å². The van der Waals surface area contributed by atoms with E-state index in [9.17, 15) is 18.3 Å². The normalized spacial score (nSPS) is 11.7. The minimum absolute atomic E-state index is 0.0270. The number of sulfonamides is 1. The summed E-state index contributed by atoms with van der Waals surface area (Å²) in [6.45, 7) is -0.0270. The lowest BCUT2D eigenvalue weighted by Gasteiger charge is -2.26. The number of aryl methyl sites for hydroxylation is 1. The maximum atomic E-state index is 14.0. The van der Waals surface area contributed by atoms with Gasteiger partial charge in [0, 0.05) is 12.4 Å². The fraction of sp³-hybridized carbons (Fsp3) is 0.100. The third-order valence-corrected chi connectivity index (χ3v) is 8.28. The largest absolute Gasteiger partial charge is 0.497 e. The molecule has 5 aromatic rings. The van der Waals surface area contributed by atoms with E-state index in [1.807, 2.05) is 42.5 Å². The monoisotopic (exact) mass is 554 g/mol. The molecule has 0 aliphatic carbocycles. The van der Waals surface area contributed by atoms with Gasteiger partial charge in [-0.2, -0.15) is 0 Å². The highest BCUT2D eigenvalue weighted by molar-refractivity contribution is 7.92. The number of rotatable bonds is 8. The summed E-state index contributed by atoms with van der Waals surface area (Å²) >= 11 is 0. The standard InChI is InChI=1S/C30H26N4O5S/c1-33-26-14-8-6-12-24(26)28(30(33)36)31-32-29(35)25-13-7-9-15-27(25)34(20-21-10-4-3-5-11-21)40(37,38)23-18-16-22(39-2)17-19-23/h3-19,36H,20H2,1-2H3. The van der Waals surface area contributed by atoms with Crippen LogP contribution in [0, 0.1) is 0 Å². The molecule has 0 spiro atoms. The van der Waals surface area contributed by atoms with Crippen LogP contribution in [0.3, 0.4) is 0 Å². The molecule has 0 unspecified atom stereocenters. The number of benzene rings is 4. The van der Waals surface area contributed by atoms with Crippen LogP contribution in [0.15, 0.2) is 118 Å². The van der Waals surface area contributed by atoms with Gasteiger partial charge in [-0.1, -0.05) is 60.7 Å². The summed E-state index contributed by atoms with van der Waals surface area (Å²) < 4.78 is 35.8. The summed E-state index contributed by atoms with van der Waals surface area (Å²) in [5.41, 5.74) is 1.79. The molecule has 0 bridgehead atoms. The van der Waals surface area contributed by atoms with Crippen molar-refractivity contribution in [3.63, 3.8) is 0 Å². The van der Waals surface area contributed by atoms with Crippen molar-refractivity contribution < 1.29 is 23.1 Å². The molecule has 1 N–H and O–H groups in total. The molecule has 5 rings (SSSR count). The van der Waals surface area contributed by atoms with Crippen LogP contribution in [0.5, 0.6) is 11.6 Å². The Bertz CT molecular complexity index is 1810. The first-order chi connectivity index (χ1) is 19.3. The predicted octanol–water partition coefficient (Wildman–Crippen LogP) is 6.21. The Labute approximate surface area is 231 Å². The van der Waals surface area contributed by atoms with Gasteiger partial charge < -0.3 is 14.4 Å². The lowest BCUT2D eigenvalue weighted by Crippen LogP contribution is -2.31. The number of aromatic hydroxyl groups is 1. The molecule has 0 atom stereocenters. The van der Waals surface area contributed by atoms with Gasteiger partial charge in [0.2, 0.25) is 5.88 Å². The molecule has 0 fully saturated rings. The summed E-state index contributed by atoms with van der Waals surface area (Å²) in [5.74, 6) is -0.383. The van der Waals surface area contributed by atoms with E-state index < -0.39 is 15.9 Å². The number of azo groups is 1. The minimum Gasteiger partial charge on any atom is -0.497 e. The zero-order valence-corrected chi connectivity index (χ0v) is 22.6. The molecule has 9 nitrogen and oxygen atoms in total. The molecule has 0 saturated carbocycles. The fourth-order valence-electron chi connectivity index (χ4n) is 4.40. The van der Waals surface area contributed by atoms with Crippen LogP contribution in [0.4, 0.5) is 11.4 Å². The number of hydrogen-bond donors (Lipinski definition) is 1. The number of amides is 1. The Morgan fingerprint density at radius 1 is 0.900 bits per heavy atom. The van der Waals surface area contributed by atoms with Crippen molar-refractivity contribution in [1.29, 1.82) is 0 Å². The lowest BCUT2D eigenvalue weighted by molar-refractivity contribution is 0.0995. The van der Waals surface area contributed by atoms with Gasteiger partial charge in [-0.25, -0.2) is 8.42 Å². The number of carbonyl (C=O) groups excluding carboxylic acids is 1. The first kappa shape index (κ1) is 26.6. The molecule has 1 aromatic heterocycles. The van der Waals surface area contributed by atoms with Gasteiger partial charge >= 0.3 is 0 Å². The lowest BCUT2D eigenvalue weighted by atomic mass is 10.1. The molecule has 4 aromatic carbocycles. The molecular weight excluding hydrogens is 528 g/mol. The molecule has 0 saturated heterocycles. The van der Waals surface area contributed by atoms with E-state index in [-0.39, 0.29) is 34.3 Å². The summed E-state index contributed by atoms with van der Waals surface area (Å²) in [7, 11) is -0.943. The van der Waals surface area contributed by atoms with Crippen molar-refractivity contribution in [3.05, 3.63) is 114 Å². The smallest absolute Gasteiger partial charge is 0.297 e. The number of carbonyl (C=O) groups is 1. The van der Waals surface area contributed by atoms with Gasteiger partial charge in [-0.15, -0.1) is 10.2 Å². The van der Waals surface area contributed by atoms with Crippen molar-refractivity contribution in [1.82, 2.24) is 4.57 Å². The molecule has 1 amide bonds. The summed E-state index contributed by atoms with van der Waals surface area (Å²) in [5, 5.41) is 19.2. The van der Waals surface area contributed by atoms with Crippen molar-refractivity contribution in [2.45, 2.75) is 11.4 Å². The molecule has 0 aliphatic heterocycles. The third-order valence-electron chi connectivity index (χ3n) is 6.51. The van der Waals surface area contributed by atoms with E-state index in [1.54, 1.807) is 54.1 Å². The van der Waals surface area contributed by atoms with Gasteiger partial charge in [0.25, 0.3) is 15.9 Å². The number of anilines is 1. The van der Waals surface area contributed by atoms with Crippen molar-refractivity contribution in [2.24, 2.45) is 17.3 Å². The predicted molar refractivity (Wildman–Crippen MR) is 153 cm³/mol. The summed E-state index contributed by atoms with van der Waals surface area (Å²) in [6.07, 6.45) is 0. The number of nitrogens with zero attached hydrogens (tertiary/aromatic N) is 4. The second kappa shape index (κ2) is 11.0. The van der Waals surface area contributed by atoms with Crippen LogP contribution in [0.2, 0.25) is 0 Å². The second-order valence-corrected chi connectivity index (χ2v) is 10.8. The van der Waals surface area contributed by atoms with E-state index in [4.69, 9.17) is 4.74 Å². The summed E-state index contributed by atoms with van der Waals surface area (Å²) in [6, 6.07) is 28.7. The van der Waals surface area contributed by atoms with E-state index >= 15 is 0 Å². The van der Waals surface area contributed by atoms with Gasteiger partial charge in [0.1, 0.15) is 5.75 Å². The fourth-order valence-corrected chi connectivity index (χ4v) is 5.88. The number of methoxy groups -OCH3 is 1. The Kier molecular flexibility index (Phi) is 7.35. The highest BCUT2D eigenvalue weighted by Crippen LogP contribution is 2.38. The Balaban J connectivity index is 1.58. The van der Waals surface area contributed by atoms with Crippen LogP contribution in [0.1, 0.15) is 15.9 Å². The Morgan fingerprint density at radius 3 is 2.27 bits per heavy atom. The van der Waals surface area contributed by atoms with Gasteiger partial charge in [-0.05, 0) is 48.0 Å². The molecule has 1 heterocycles. The number of ether oxygens (including phenoxy) is 1. The van der Waals surface area contributed by atoms with Crippen LogP contribution in [-0.4, -0.2) is 31.1 Å². The first-order valence-corrected chi connectivity index (χ1v) is 13.8. The highest BCUT2D eigenvalue weighted by atomic mass is 32.2. The minimum atomic E-state index is -4.12. The summed E-state index contributed by atoms with van der Waals surface area (Å²) in [4.78, 5) is 13.4.